The van der Waals surface area contributed by atoms with Crippen LogP contribution in [-0.2, 0) is 12.8 Å². The molecule has 0 aromatic heterocycles. The molecule has 0 amide bonds. The SMILES string of the molecule is CCCCc1ccc(C#Cc2ccc(-c3ccc(CCC)cc3)cc2C)cc1. The Morgan fingerprint density at radius 2 is 1.29 bits per heavy atom. The van der Waals surface area contributed by atoms with E-state index in [9.17, 15) is 0 Å². The minimum Gasteiger partial charge on any atom is -0.0654 e. The second kappa shape index (κ2) is 9.95. The van der Waals surface area contributed by atoms with Gasteiger partial charge in [-0.1, -0.05) is 87.1 Å². The van der Waals surface area contributed by atoms with Gasteiger partial charge in [-0.25, -0.2) is 0 Å². The highest BCUT2D eigenvalue weighted by molar-refractivity contribution is 5.66. The first kappa shape index (κ1) is 20.0. The highest BCUT2D eigenvalue weighted by Gasteiger charge is 2.02. The Balaban J connectivity index is 1.73. The predicted octanol–water partition coefficient (Wildman–Crippen LogP) is 7.36. The van der Waals surface area contributed by atoms with Crippen molar-refractivity contribution in [3.8, 4) is 23.0 Å². The average Bonchev–Trinajstić information content (AvgIpc) is 2.73. The molecule has 0 spiro atoms. The van der Waals surface area contributed by atoms with Crippen molar-refractivity contribution in [2.24, 2.45) is 0 Å². The summed E-state index contributed by atoms with van der Waals surface area (Å²) < 4.78 is 0. The van der Waals surface area contributed by atoms with Crippen LogP contribution in [0.3, 0.4) is 0 Å². The molecule has 0 atom stereocenters. The maximum atomic E-state index is 3.35. The lowest BCUT2D eigenvalue weighted by molar-refractivity contribution is 0.795. The molecule has 0 aliphatic carbocycles. The summed E-state index contributed by atoms with van der Waals surface area (Å²) in [6.45, 7) is 6.60. The fraction of sp³-hybridized carbons (Fsp3) is 0.286. The van der Waals surface area contributed by atoms with Gasteiger partial charge in [0.05, 0.1) is 0 Å². The first-order valence-electron chi connectivity index (χ1n) is 10.5. The maximum absolute atomic E-state index is 3.35. The van der Waals surface area contributed by atoms with Gasteiger partial charge < -0.3 is 0 Å². The summed E-state index contributed by atoms with van der Waals surface area (Å²) in [6, 6.07) is 24.2. The third-order valence-corrected chi connectivity index (χ3v) is 5.17. The second-order valence-electron chi connectivity index (χ2n) is 7.53. The summed E-state index contributed by atoms with van der Waals surface area (Å²) in [5.74, 6) is 6.66. The zero-order valence-corrected chi connectivity index (χ0v) is 17.4. The lowest BCUT2D eigenvalue weighted by Crippen LogP contribution is -1.87. The zero-order valence-electron chi connectivity index (χ0n) is 17.4. The first-order chi connectivity index (χ1) is 13.7. The van der Waals surface area contributed by atoms with E-state index in [0.717, 1.165) is 24.0 Å². The molecular weight excluding hydrogens is 336 g/mol. The first-order valence-corrected chi connectivity index (χ1v) is 10.5. The van der Waals surface area contributed by atoms with Crippen molar-refractivity contribution in [2.75, 3.05) is 0 Å². The van der Waals surface area contributed by atoms with E-state index in [-0.39, 0.29) is 0 Å². The molecule has 0 aliphatic rings. The van der Waals surface area contributed by atoms with Crippen LogP contribution in [0.1, 0.15) is 60.9 Å². The lowest BCUT2D eigenvalue weighted by Gasteiger charge is -2.06. The van der Waals surface area contributed by atoms with Crippen molar-refractivity contribution in [1.29, 1.82) is 0 Å². The maximum Gasteiger partial charge on any atom is 0.0278 e. The molecule has 0 bridgehead atoms. The molecule has 3 aromatic rings. The Morgan fingerprint density at radius 1 is 0.643 bits per heavy atom. The molecule has 3 aromatic carbocycles. The van der Waals surface area contributed by atoms with Gasteiger partial charge in [0.15, 0.2) is 0 Å². The molecular formula is C28H30. The fourth-order valence-corrected chi connectivity index (χ4v) is 3.41. The van der Waals surface area contributed by atoms with Gasteiger partial charge in [-0.05, 0) is 72.2 Å². The topological polar surface area (TPSA) is 0 Å². The number of hydrogen-bond donors (Lipinski definition) is 0. The summed E-state index contributed by atoms with van der Waals surface area (Å²) in [5, 5.41) is 0. The highest BCUT2D eigenvalue weighted by atomic mass is 14.1. The highest BCUT2D eigenvalue weighted by Crippen LogP contribution is 2.23. The van der Waals surface area contributed by atoms with E-state index < -0.39 is 0 Å². The number of rotatable bonds is 6. The molecule has 0 saturated heterocycles. The third-order valence-electron chi connectivity index (χ3n) is 5.17. The Morgan fingerprint density at radius 3 is 1.93 bits per heavy atom. The van der Waals surface area contributed by atoms with Crippen LogP contribution in [0.25, 0.3) is 11.1 Å². The molecule has 3 rings (SSSR count). The van der Waals surface area contributed by atoms with E-state index in [1.54, 1.807) is 0 Å². The van der Waals surface area contributed by atoms with Gasteiger partial charge in [-0.2, -0.15) is 0 Å². The van der Waals surface area contributed by atoms with Crippen LogP contribution < -0.4 is 0 Å². The quantitative estimate of drug-likeness (QED) is 0.400. The molecule has 0 heteroatoms. The average molecular weight is 367 g/mol. The van der Waals surface area contributed by atoms with Crippen LogP contribution in [0, 0.1) is 18.8 Å². The van der Waals surface area contributed by atoms with Crippen molar-refractivity contribution in [3.63, 3.8) is 0 Å². The summed E-state index contributed by atoms with van der Waals surface area (Å²) in [7, 11) is 0. The van der Waals surface area contributed by atoms with Gasteiger partial charge in [0, 0.05) is 11.1 Å². The second-order valence-corrected chi connectivity index (χ2v) is 7.53. The van der Waals surface area contributed by atoms with Gasteiger partial charge in [0.1, 0.15) is 0 Å². The standard InChI is InChI=1S/C28H30/c1-4-6-8-24-9-11-25(12-10-24)13-16-26-19-20-28(21-22(26)3)27-17-14-23(7-5-2)15-18-27/h9-12,14-15,17-21H,4-8H2,1-3H3. The van der Waals surface area contributed by atoms with E-state index in [4.69, 9.17) is 0 Å². The number of benzene rings is 3. The molecule has 0 nitrogen and oxygen atoms in total. The van der Waals surface area contributed by atoms with Crippen molar-refractivity contribution in [1.82, 2.24) is 0 Å². The predicted molar refractivity (Wildman–Crippen MR) is 122 cm³/mol. The molecule has 0 N–H and O–H groups in total. The molecule has 0 heterocycles. The Kier molecular flexibility index (Phi) is 7.10. The van der Waals surface area contributed by atoms with E-state index in [2.05, 4.69) is 99.3 Å². The monoisotopic (exact) mass is 366 g/mol. The van der Waals surface area contributed by atoms with Crippen LogP contribution in [0.15, 0.2) is 66.7 Å². The van der Waals surface area contributed by atoms with Gasteiger partial charge in [0.2, 0.25) is 0 Å². The van der Waals surface area contributed by atoms with E-state index in [0.29, 0.717) is 0 Å². The summed E-state index contributed by atoms with van der Waals surface area (Å²) in [6.07, 6.45) is 5.97. The Bertz CT molecular complexity index is 948. The Labute approximate surface area is 170 Å². The molecule has 0 fully saturated rings. The number of hydrogen-bond acceptors (Lipinski definition) is 0. The van der Waals surface area contributed by atoms with Crippen LogP contribution in [0.4, 0.5) is 0 Å². The minimum absolute atomic E-state index is 1.08. The van der Waals surface area contributed by atoms with Crippen LogP contribution in [-0.4, -0.2) is 0 Å². The summed E-state index contributed by atoms with van der Waals surface area (Å²) >= 11 is 0. The smallest absolute Gasteiger partial charge is 0.0278 e. The van der Waals surface area contributed by atoms with Gasteiger partial charge in [0.25, 0.3) is 0 Å². The summed E-state index contributed by atoms with van der Waals surface area (Å²) in [5.41, 5.74) is 8.74. The van der Waals surface area contributed by atoms with Gasteiger partial charge in [-0.15, -0.1) is 0 Å². The summed E-state index contributed by atoms with van der Waals surface area (Å²) in [4.78, 5) is 0. The van der Waals surface area contributed by atoms with Gasteiger partial charge >= 0.3 is 0 Å². The molecule has 0 saturated carbocycles. The normalized spacial score (nSPS) is 10.4. The molecule has 0 aliphatic heterocycles. The largest absolute Gasteiger partial charge is 0.0654 e. The van der Waals surface area contributed by atoms with Crippen molar-refractivity contribution < 1.29 is 0 Å². The minimum atomic E-state index is 1.08. The molecule has 142 valence electrons. The van der Waals surface area contributed by atoms with Crippen LogP contribution >= 0.6 is 0 Å². The number of aryl methyl sites for hydroxylation is 3. The van der Waals surface area contributed by atoms with Crippen molar-refractivity contribution in [3.05, 3.63) is 94.5 Å². The molecule has 28 heavy (non-hydrogen) atoms. The van der Waals surface area contributed by atoms with Gasteiger partial charge in [-0.3, -0.25) is 0 Å². The zero-order chi connectivity index (χ0) is 19.8. The van der Waals surface area contributed by atoms with E-state index >= 15 is 0 Å². The van der Waals surface area contributed by atoms with E-state index in [1.807, 2.05) is 0 Å². The van der Waals surface area contributed by atoms with Crippen LogP contribution in [0.2, 0.25) is 0 Å². The number of unbranched alkanes of at least 4 members (excludes halogenated alkanes) is 1. The van der Waals surface area contributed by atoms with Crippen LogP contribution in [0.5, 0.6) is 0 Å². The van der Waals surface area contributed by atoms with Crippen molar-refractivity contribution >= 4 is 0 Å². The fourth-order valence-electron chi connectivity index (χ4n) is 3.41. The van der Waals surface area contributed by atoms with E-state index in [1.165, 1.54) is 47.1 Å². The molecule has 0 unspecified atom stereocenters. The molecule has 0 radical (unpaired) electrons. The lowest BCUT2D eigenvalue weighted by atomic mass is 9.98. The Hall–Kier alpha value is -2.78. The third kappa shape index (κ3) is 5.37. The van der Waals surface area contributed by atoms with Crippen molar-refractivity contribution in [2.45, 2.75) is 52.9 Å².